The van der Waals surface area contributed by atoms with Gasteiger partial charge in [-0.3, -0.25) is 14.8 Å². The maximum Gasteiger partial charge on any atom is 0.327 e. The van der Waals surface area contributed by atoms with Crippen LogP contribution in [0.2, 0.25) is 0 Å². The van der Waals surface area contributed by atoms with Gasteiger partial charge in [0.05, 0.1) is 13.2 Å². The van der Waals surface area contributed by atoms with Gasteiger partial charge < -0.3 is 24.9 Å². The Morgan fingerprint density at radius 2 is 1.94 bits per heavy atom. The van der Waals surface area contributed by atoms with E-state index in [2.05, 4.69) is 35.8 Å². The van der Waals surface area contributed by atoms with E-state index in [-0.39, 0.29) is 18.3 Å². The molecule has 0 radical (unpaired) electrons. The van der Waals surface area contributed by atoms with Crippen molar-refractivity contribution >= 4 is 18.2 Å². The van der Waals surface area contributed by atoms with E-state index >= 15 is 0 Å². The number of nitrogens with zero attached hydrogens (tertiary/aromatic N) is 1. The molecule has 34 heavy (non-hydrogen) atoms. The Bertz CT molecular complexity index is 1000. The minimum atomic E-state index is -0.855. The van der Waals surface area contributed by atoms with Gasteiger partial charge in [-0.15, -0.1) is 0 Å². The summed E-state index contributed by atoms with van der Waals surface area (Å²) in [5, 5.41) is 13.1. The number of benzene rings is 1. The van der Waals surface area contributed by atoms with Crippen molar-refractivity contribution in [1.29, 1.82) is 5.41 Å². The van der Waals surface area contributed by atoms with E-state index in [1.165, 1.54) is 30.4 Å². The lowest BCUT2D eigenvalue weighted by molar-refractivity contribution is -0.122. The normalized spacial score (nSPS) is 11.5. The van der Waals surface area contributed by atoms with Crippen LogP contribution in [0.1, 0.15) is 43.2 Å². The molecule has 2 rings (SSSR count). The van der Waals surface area contributed by atoms with Gasteiger partial charge in [0.2, 0.25) is 5.91 Å². The second kappa shape index (κ2) is 14.6. The third-order valence-corrected chi connectivity index (χ3v) is 5.13. The number of hydrogen-bond donors (Lipinski definition) is 3. The Morgan fingerprint density at radius 1 is 1.15 bits per heavy atom. The van der Waals surface area contributed by atoms with Crippen LogP contribution < -0.4 is 20.9 Å². The number of carbonyl (C=O) groups excluding carboxylic acids is 3. The molecule has 0 fully saturated rings. The van der Waals surface area contributed by atoms with E-state index in [1.54, 1.807) is 6.07 Å². The summed E-state index contributed by atoms with van der Waals surface area (Å²) in [4.78, 5) is 35.0. The Kier molecular flexibility index (Phi) is 11.5. The fourth-order valence-electron chi connectivity index (χ4n) is 3.31. The van der Waals surface area contributed by atoms with Crippen molar-refractivity contribution in [3.63, 3.8) is 0 Å². The molecule has 0 aliphatic heterocycles. The Balaban J connectivity index is 1.71. The highest BCUT2D eigenvalue weighted by atomic mass is 16.5. The number of aromatic nitrogens is 1. The standard InChI is InChI=1S/C25H34N4O5/c1-19-8-6-9-20(16-19)18-33-14-4-3-5-15-34-21-11-12-29(23(26)17-21)25(32)28-22(10-7-13-30)24(31)27-2/h6,8-9,11-13,16-17,22,26H,3-5,7,10,14-15,18H2,1-2H3,(H,27,31)(H,28,32). The van der Waals surface area contributed by atoms with Crippen molar-refractivity contribution in [2.24, 2.45) is 0 Å². The number of ether oxygens (including phenoxy) is 2. The predicted octanol–water partition coefficient (Wildman–Crippen LogP) is 2.69. The SMILES string of the molecule is CNC(=O)C(CCC=O)NC(=O)n1ccc(OCCCCCOCc2cccc(C)c2)cc1=N. The van der Waals surface area contributed by atoms with Gasteiger partial charge in [-0.25, -0.2) is 4.79 Å². The molecule has 0 spiro atoms. The molecule has 1 atom stereocenters. The largest absolute Gasteiger partial charge is 0.493 e. The van der Waals surface area contributed by atoms with Crippen LogP contribution in [0.25, 0.3) is 0 Å². The highest BCUT2D eigenvalue weighted by Gasteiger charge is 2.20. The summed E-state index contributed by atoms with van der Waals surface area (Å²) in [6, 6.07) is 9.84. The maximum absolute atomic E-state index is 12.5. The molecule has 1 heterocycles. The molecular formula is C25H34N4O5. The Labute approximate surface area is 200 Å². The first kappa shape index (κ1) is 26.8. The molecule has 3 N–H and O–H groups in total. The first-order chi connectivity index (χ1) is 16.4. The van der Waals surface area contributed by atoms with Crippen LogP contribution in [0, 0.1) is 12.3 Å². The number of amides is 2. The van der Waals surface area contributed by atoms with Crippen molar-refractivity contribution < 1.29 is 23.9 Å². The first-order valence-electron chi connectivity index (χ1n) is 11.4. The van der Waals surface area contributed by atoms with E-state index in [1.807, 2.05) is 6.07 Å². The zero-order chi connectivity index (χ0) is 24.8. The Morgan fingerprint density at radius 3 is 2.65 bits per heavy atom. The molecule has 0 bridgehead atoms. The van der Waals surface area contributed by atoms with Crippen molar-refractivity contribution in [3.05, 3.63) is 59.2 Å². The van der Waals surface area contributed by atoms with Gasteiger partial charge in [-0.2, -0.15) is 0 Å². The first-order valence-corrected chi connectivity index (χ1v) is 11.4. The van der Waals surface area contributed by atoms with E-state index in [0.29, 0.717) is 31.9 Å². The summed E-state index contributed by atoms with van der Waals surface area (Å²) in [7, 11) is 1.45. The summed E-state index contributed by atoms with van der Waals surface area (Å²) in [5.74, 6) is 0.0939. The summed E-state index contributed by atoms with van der Waals surface area (Å²) < 4.78 is 12.5. The molecule has 1 unspecified atom stereocenters. The van der Waals surface area contributed by atoms with Crippen molar-refractivity contribution in [3.8, 4) is 5.75 Å². The fraction of sp³-hybridized carbons (Fsp3) is 0.440. The topological polar surface area (TPSA) is 123 Å². The van der Waals surface area contributed by atoms with Crippen LogP contribution in [0.15, 0.2) is 42.6 Å². The molecule has 2 amide bonds. The number of pyridine rings is 1. The van der Waals surface area contributed by atoms with Crippen LogP contribution in [0.3, 0.4) is 0 Å². The van der Waals surface area contributed by atoms with Gasteiger partial charge in [0.25, 0.3) is 0 Å². The van der Waals surface area contributed by atoms with Crippen LogP contribution in [-0.2, 0) is 20.9 Å². The van der Waals surface area contributed by atoms with Gasteiger partial charge in [0.15, 0.2) is 0 Å². The lowest BCUT2D eigenvalue weighted by atomic mass is 10.1. The van der Waals surface area contributed by atoms with E-state index in [9.17, 15) is 14.4 Å². The number of aryl methyl sites for hydroxylation is 1. The monoisotopic (exact) mass is 470 g/mol. The van der Waals surface area contributed by atoms with Crippen molar-refractivity contribution in [1.82, 2.24) is 15.2 Å². The Hall–Kier alpha value is -3.46. The number of nitrogens with one attached hydrogen (secondary N) is 3. The third kappa shape index (κ3) is 9.19. The molecule has 0 aliphatic rings. The lowest BCUT2D eigenvalue weighted by Crippen LogP contribution is -2.48. The van der Waals surface area contributed by atoms with E-state index < -0.39 is 18.0 Å². The number of hydrogen-bond acceptors (Lipinski definition) is 6. The van der Waals surface area contributed by atoms with E-state index in [4.69, 9.17) is 14.9 Å². The molecule has 9 heteroatoms. The smallest absolute Gasteiger partial charge is 0.327 e. The number of carbonyl (C=O) groups is 3. The molecular weight excluding hydrogens is 436 g/mol. The lowest BCUT2D eigenvalue weighted by Gasteiger charge is -2.17. The van der Waals surface area contributed by atoms with Gasteiger partial charge >= 0.3 is 6.03 Å². The molecule has 2 aromatic rings. The van der Waals surface area contributed by atoms with Crippen molar-refractivity contribution in [2.45, 2.75) is 51.7 Å². The minimum absolute atomic E-state index is 0.0782. The van der Waals surface area contributed by atoms with Crippen LogP contribution in [-0.4, -0.2) is 49.1 Å². The second-order valence-electron chi connectivity index (χ2n) is 7.93. The summed E-state index contributed by atoms with van der Waals surface area (Å²) in [5.41, 5.74) is 2.32. The average molecular weight is 471 g/mol. The van der Waals surface area contributed by atoms with Crippen LogP contribution in [0.4, 0.5) is 4.79 Å². The number of aldehydes is 1. The van der Waals surface area contributed by atoms with Crippen molar-refractivity contribution in [2.75, 3.05) is 20.3 Å². The summed E-state index contributed by atoms with van der Waals surface area (Å²) in [6.07, 6.45) is 5.18. The molecule has 1 aromatic carbocycles. The molecule has 0 aliphatic carbocycles. The van der Waals surface area contributed by atoms with Gasteiger partial charge in [-0.05, 0) is 44.2 Å². The number of rotatable bonds is 14. The zero-order valence-corrected chi connectivity index (χ0v) is 19.8. The predicted molar refractivity (Wildman–Crippen MR) is 128 cm³/mol. The highest BCUT2D eigenvalue weighted by molar-refractivity contribution is 5.87. The molecule has 1 aromatic heterocycles. The second-order valence-corrected chi connectivity index (χ2v) is 7.93. The van der Waals surface area contributed by atoms with Crippen LogP contribution in [0.5, 0.6) is 5.75 Å². The minimum Gasteiger partial charge on any atom is -0.493 e. The molecule has 184 valence electrons. The maximum atomic E-state index is 12.5. The fourth-order valence-corrected chi connectivity index (χ4v) is 3.31. The highest BCUT2D eigenvalue weighted by Crippen LogP contribution is 2.09. The number of likely N-dealkylation sites (N-methyl/N-ethyl adjacent to an activating group) is 1. The summed E-state index contributed by atoms with van der Waals surface area (Å²) >= 11 is 0. The van der Waals surface area contributed by atoms with E-state index in [0.717, 1.165) is 23.8 Å². The zero-order valence-electron chi connectivity index (χ0n) is 19.8. The number of unbranched alkanes of at least 4 members (excludes halogenated alkanes) is 2. The molecule has 0 saturated carbocycles. The van der Waals surface area contributed by atoms with Gasteiger partial charge in [0.1, 0.15) is 23.6 Å². The van der Waals surface area contributed by atoms with Gasteiger partial charge in [0, 0.05) is 32.3 Å². The average Bonchev–Trinajstić information content (AvgIpc) is 2.82. The van der Waals surface area contributed by atoms with Crippen LogP contribution >= 0.6 is 0 Å². The molecule has 0 saturated heterocycles. The quantitative estimate of drug-likeness (QED) is 0.289. The molecule has 9 nitrogen and oxygen atoms in total. The third-order valence-electron chi connectivity index (χ3n) is 5.13. The summed E-state index contributed by atoms with van der Waals surface area (Å²) in [6.45, 7) is 3.87. The van der Waals surface area contributed by atoms with Gasteiger partial charge in [-0.1, -0.05) is 29.8 Å².